The van der Waals surface area contributed by atoms with Gasteiger partial charge in [0.1, 0.15) is 11.5 Å². The van der Waals surface area contributed by atoms with E-state index in [0.717, 1.165) is 31.4 Å². The Morgan fingerprint density at radius 1 is 1.27 bits per heavy atom. The van der Waals surface area contributed by atoms with E-state index in [1.165, 1.54) is 16.7 Å². The molecule has 0 spiro atoms. The van der Waals surface area contributed by atoms with Crippen molar-refractivity contribution in [2.75, 3.05) is 7.11 Å². The molecule has 0 saturated heterocycles. The SMILES string of the molecule is COc1cc2c(cc1C(C)C)CC[C@H]1C(=O)[C@@H](C)CC[C@]21C. The summed E-state index contributed by atoms with van der Waals surface area (Å²) in [7, 11) is 1.75. The Hall–Kier alpha value is -1.31. The van der Waals surface area contributed by atoms with Crippen LogP contribution in [-0.4, -0.2) is 12.9 Å². The smallest absolute Gasteiger partial charge is 0.139 e. The molecule has 2 nitrogen and oxygen atoms in total. The minimum absolute atomic E-state index is 0.0000335. The average molecular weight is 300 g/mol. The lowest BCUT2D eigenvalue weighted by Crippen LogP contribution is -2.47. The van der Waals surface area contributed by atoms with Gasteiger partial charge in [-0.2, -0.15) is 0 Å². The van der Waals surface area contributed by atoms with Crippen LogP contribution in [0.3, 0.4) is 0 Å². The number of carbonyl (C=O) groups is 1. The number of rotatable bonds is 2. The third-order valence-corrected chi connectivity index (χ3v) is 6.09. The zero-order valence-electron chi connectivity index (χ0n) is 14.5. The Kier molecular flexibility index (Phi) is 3.82. The number of Topliss-reactive ketones (excluding diaryl/α,β-unsaturated/α-hetero) is 1. The lowest BCUT2D eigenvalue weighted by molar-refractivity contribution is -0.132. The van der Waals surface area contributed by atoms with Crippen molar-refractivity contribution in [3.63, 3.8) is 0 Å². The summed E-state index contributed by atoms with van der Waals surface area (Å²) in [6.45, 7) is 8.82. The molecule has 0 aromatic heterocycles. The first-order chi connectivity index (χ1) is 10.4. The molecule has 0 unspecified atom stereocenters. The van der Waals surface area contributed by atoms with E-state index in [1.54, 1.807) is 7.11 Å². The molecule has 0 radical (unpaired) electrons. The van der Waals surface area contributed by atoms with E-state index in [4.69, 9.17) is 4.74 Å². The minimum atomic E-state index is -0.0000335. The van der Waals surface area contributed by atoms with E-state index >= 15 is 0 Å². The van der Waals surface area contributed by atoms with Crippen molar-refractivity contribution in [2.24, 2.45) is 11.8 Å². The van der Waals surface area contributed by atoms with Crippen molar-refractivity contribution in [1.82, 2.24) is 0 Å². The lowest BCUT2D eigenvalue weighted by Gasteiger charge is -2.47. The number of hydrogen-bond donors (Lipinski definition) is 0. The highest BCUT2D eigenvalue weighted by molar-refractivity contribution is 5.86. The summed E-state index contributed by atoms with van der Waals surface area (Å²) in [5.41, 5.74) is 4.09. The van der Waals surface area contributed by atoms with Gasteiger partial charge in [-0.25, -0.2) is 0 Å². The predicted octanol–water partition coefficient (Wildman–Crippen LogP) is 4.64. The molecule has 1 fully saturated rings. The second kappa shape index (κ2) is 5.40. The first-order valence-electron chi connectivity index (χ1n) is 8.63. The van der Waals surface area contributed by atoms with Gasteiger partial charge in [0.05, 0.1) is 7.11 Å². The number of ether oxygens (including phenoxy) is 1. The van der Waals surface area contributed by atoms with E-state index in [0.29, 0.717) is 11.7 Å². The number of fused-ring (bicyclic) bond motifs is 3. The van der Waals surface area contributed by atoms with Crippen LogP contribution in [0.25, 0.3) is 0 Å². The van der Waals surface area contributed by atoms with Gasteiger partial charge in [0.15, 0.2) is 0 Å². The number of methoxy groups -OCH3 is 1. The number of benzene rings is 1. The van der Waals surface area contributed by atoms with Gasteiger partial charge in [0.25, 0.3) is 0 Å². The van der Waals surface area contributed by atoms with Gasteiger partial charge < -0.3 is 4.74 Å². The van der Waals surface area contributed by atoms with Crippen LogP contribution in [0.2, 0.25) is 0 Å². The summed E-state index contributed by atoms with van der Waals surface area (Å²) in [6, 6.07) is 4.57. The predicted molar refractivity (Wildman–Crippen MR) is 89.7 cm³/mol. The molecule has 2 heteroatoms. The average Bonchev–Trinajstić information content (AvgIpc) is 2.50. The van der Waals surface area contributed by atoms with E-state index in [2.05, 4.69) is 39.8 Å². The first-order valence-corrected chi connectivity index (χ1v) is 8.63. The van der Waals surface area contributed by atoms with Crippen molar-refractivity contribution >= 4 is 5.78 Å². The molecule has 0 N–H and O–H groups in total. The quantitative estimate of drug-likeness (QED) is 0.795. The first kappa shape index (κ1) is 15.6. The van der Waals surface area contributed by atoms with E-state index in [-0.39, 0.29) is 17.3 Å². The zero-order chi connectivity index (χ0) is 16.1. The summed E-state index contributed by atoms with van der Waals surface area (Å²) in [5, 5.41) is 0. The highest BCUT2D eigenvalue weighted by Crippen LogP contribution is 2.51. The normalized spacial score (nSPS) is 30.9. The molecule has 1 saturated carbocycles. The van der Waals surface area contributed by atoms with Crippen LogP contribution >= 0.6 is 0 Å². The van der Waals surface area contributed by atoms with E-state index in [1.807, 2.05) is 0 Å². The van der Waals surface area contributed by atoms with Crippen LogP contribution < -0.4 is 4.74 Å². The third kappa shape index (κ3) is 2.19. The molecule has 2 aliphatic rings. The van der Waals surface area contributed by atoms with Crippen LogP contribution in [0, 0.1) is 11.8 Å². The maximum absolute atomic E-state index is 12.7. The van der Waals surface area contributed by atoms with Crippen molar-refractivity contribution in [2.45, 2.75) is 64.7 Å². The van der Waals surface area contributed by atoms with Gasteiger partial charge in [-0.05, 0) is 54.4 Å². The Balaban J connectivity index is 2.12. The monoisotopic (exact) mass is 300 g/mol. The standard InChI is InChI=1S/C20H28O2/c1-12(2)15-10-14-6-7-16-19(21)13(3)8-9-20(16,4)17(14)11-18(15)22-5/h10-13,16H,6-9H2,1-5H3/t13-,16-,20-/m0/s1. The van der Waals surface area contributed by atoms with Gasteiger partial charge in [-0.3, -0.25) is 4.79 Å². The van der Waals surface area contributed by atoms with Gasteiger partial charge >= 0.3 is 0 Å². The topological polar surface area (TPSA) is 26.3 Å². The number of carbonyl (C=O) groups excluding carboxylic acids is 1. The Morgan fingerprint density at radius 2 is 2.00 bits per heavy atom. The molecule has 0 heterocycles. The molecule has 0 amide bonds. The molecule has 1 aromatic carbocycles. The fourth-order valence-corrected chi connectivity index (χ4v) is 4.58. The lowest BCUT2D eigenvalue weighted by atomic mass is 9.56. The second-order valence-corrected chi connectivity index (χ2v) is 7.76. The largest absolute Gasteiger partial charge is 0.496 e. The molecule has 3 atom stereocenters. The van der Waals surface area contributed by atoms with Crippen LogP contribution in [0.1, 0.15) is 69.6 Å². The van der Waals surface area contributed by atoms with Crippen molar-refractivity contribution in [1.29, 1.82) is 0 Å². The molecule has 0 bridgehead atoms. The summed E-state index contributed by atoms with van der Waals surface area (Å²) < 4.78 is 5.66. The molecule has 2 aliphatic carbocycles. The second-order valence-electron chi connectivity index (χ2n) is 7.76. The zero-order valence-corrected chi connectivity index (χ0v) is 14.5. The molecular formula is C20H28O2. The van der Waals surface area contributed by atoms with Crippen molar-refractivity contribution in [3.05, 3.63) is 28.8 Å². The third-order valence-electron chi connectivity index (χ3n) is 6.09. The molecule has 120 valence electrons. The van der Waals surface area contributed by atoms with Crippen LogP contribution in [0.4, 0.5) is 0 Å². The number of hydrogen-bond acceptors (Lipinski definition) is 2. The van der Waals surface area contributed by atoms with Gasteiger partial charge in [0, 0.05) is 17.3 Å². The fraction of sp³-hybridized carbons (Fsp3) is 0.650. The minimum Gasteiger partial charge on any atom is -0.496 e. The highest BCUT2D eigenvalue weighted by atomic mass is 16.5. The summed E-state index contributed by atoms with van der Waals surface area (Å²) in [5.74, 6) is 2.35. The van der Waals surface area contributed by atoms with Gasteiger partial charge in [-0.15, -0.1) is 0 Å². The van der Waals surface area contributed by atoms with E-state index in [9.17, 15) is 4.79 Å². The van der Waals surface area contributed by atoms with Crippen molar-refractivity contribution in [3.8, 4) is 5.75 Å². The molecule has 1 aromatic rings. The molecular weight excluding hydrogens is 272 g/mol. The maximum Gasteiger partial charge on any atom is 0.139 e. The number of ketones is 1. The van der Waals surface area contributed by atoms with Crippen LogP contribution in [-0.2, 0) is 16.6 Å². The summed E-state index contributed by atoms with van der Waals surface area (Å²) >= 11 is 0. The Labute approximate surface area is 134 Å². The van der Waals surface area contributed by atoms with Crippen molar-refractivity contribution < 1.29 is 9.53 Å². The molecule has 0 aliphatic heterocycles. The summed E-state index contributed by atoms with van der Waals surface area (Å²) in [6.07, 6.45) is 4.16. The van der Waals surface area contributed by atoms with Crippen LogP contribution in [0.5, 0.6) is 5.75 Å². The Bertz CT molecular complexity index is 602. The number of aryl methyl sites for hydroxylation is 1. The van der Waals surface area contributed by atoms with Gasteiger partial charge in [-0.1, -0.05) is 33.8 Å². The maximum atomic E-state index is 12.7. The van der Waals surface area contributed by atoms with Crippen LogP contribution in [0.15, 0.2) is 12.1 Å². The summed E-state index contributed by atoms with van der Waals surface area (Å²) in [4.78, 5) is 12.7. The Morgan fingerprint density at radius 3 is 2.64 bits per heavy atom. The molecule has 3 rings (SSSR count). The molecule has 22 heavy (non-hydrogen) atoms. The highest BCUT2D eigenvalue weighted by Gasteiger charge is 2.48. The van der Waals surface area contributed by atoms with E-state index < -0.39 is 0 Å². The fourth-order valence-electron chi connectivity index (χ4n) is 4.58. The van der Waals surface area contributed by atoms with Gasteiger partial charge in [0.2, 0.25) is 0 Å².